The summed E-state index contributed by atoms with van der Waals surface area (Å²) in [5.41, 5.74) is -0.423. The zero-order valence-corrected chi connectivity index (χ0v) is 8.75. The van der Waals surface area contributed by atoms with Gasteiger partial charge in [-0.05, 0) is 12.1 Å². The average Bonchev–Trinajstić information content (AvgIpc) is 1.99. The molecule has 0 amide bonds. The number of carbonyl (C=O) groups is 1. The molecule has 0 radical (unpaired) electrons. The van der Waals surface area contributed by atoms with Crippen LogP contribution in [-0.2, 0) is 11.2 Å². The van der Waals surface area contributed by atoms with Crippen molar-refractivity contribution in [2.45, 2.75) is 6.42 Å². The molecule has 0 aromatic heterocycles. The predicted octanol–water partition coefficient (Wildman–Crippen LogP) is 2.53. The molecule has 5 nitrogen and oxygen atoms in total. The Morgan fingerprint density at radius 3 is 2.53 bits per heavy atom. The van der Waals surface area contributed by atoms with Crippen molar-refractivity contribution in [3.05, 3.63) is 37.9 Å². The summed E-state index contributed by atoms with van der Waals surface area (Å²) in [7, 11) is 0. The van der Waals surface area contributed by atoms with Crippen molar-refractivity contribution >= 4 is 34.9 Å². The van der Waals surface area contributed by atoms with Crippen LogP contribution in [0.4, 0.5) is 5.69 Å². The van der Waals surface area contributed by atoms with E-state index in [1.165, 1.54) is 12.1 Å². The van der Waals surface area contributed by atoms with Gasteiger partial charge in [0, 0.05) is 10.6 Å². The Labute approximate surface area is 94.4 Å². The minimum atomic E-state index is -1.18. The Bertz CT molecular complexity index is 433. The summed E-state index contributed by atoms with van der Waals surface area (Å²) in [5, 5.41) is 19.2. The van der Waals surface area contributed by atoms with Gasteiger partial charge in [-0.15, -0.1) is 0 Å². The van der Waals surface area contributed by atoms with Crippen LogP contribution in [0.25, 0.3) is 0 Å². The van der Waals surface area contributed by atoms with E-state index in [-0.39, 0.29) is 15.6 Å². The van der Waals surface area contributed by atoms with Gasteiger partial charge in [-0.1, -0.05) is 23.2 Å². The fraction of sp³-hybridized carbons (Fsp3) is 0.125. The van der Waals surface area contributed by atoms with E-state index in [9.17, 15) is 14.9 Å². The maximum atomic E-state index is 10.6. The second-order valence-electron chi connectivity index (χ2n) is 2.72. The Balaban J connectivity index is 3.33. The minimum absolute atomic E-state index is 0.00926. The van der Waals surface area contributed by atoms with Gasteiger partial charge >= 0.3 is 5.97 Å². The fourth-order valence-corrected chi connectivity index (χ4v) is 1.73. The summed E-state index contributed by atoms with van der Waals surface area (Å²) in [5.74, 6) is -1.18. The first-order valence-electron chi connectivity index (χ1n) is 3.76. The molecule has 1 aromatic carbocycles. The number of carboxylic acid groups (broad SMARTS) is 1. The monoisotopic (exact) mass is 249 g/mol. The third kappa shape index (κ3) is 2.81. The summed E-state index contributed by atoms with van der Waals surface area (Å²) in [6.45, 7) is 0. The molecule has 1 N–H and O–H groups in total. The number of nitro groups is 1. The van der Waals surface area contributed by atoms with E-state index >= 15 is 0 Å². The Morgan fingerprint density at radius 1 is 1.47 bits per heavy atom. The standard InChI is InChI=1S/C8H5Cl2NO4/c9-5-1-4(2-7(12)13)8(11(14)15)6(10)3-5/h1,3H,2H2,(H,12,13). The van der Waals surface area contributed by atoms with E-state index in [4.69, 9.17) is 28.3 Å². The van der Waals surface area contributed by atoms with Crippen LogP contribution >= 0.6 is 23.2 Å². The normalized spacial score (nSPS) is 10.0. The summed E-state index contributed by atoms with van der Waals surface area (Å²) in [6.07, 6.45) is -0.489. The first-order valence-corrected chi connectivity index (χ1v) is 4.51. The van der Waals surface area contributed by atoms with Gasteiger partial charge < -0.3 is 5.11 Å². The summed E-state index contributed by atoms with van der Waals surface area (Å²) in [4.78, 5) is 20.4. The van der Waals surface area contributed by atoms with E-state index in [2.05, 4.69) is 0 Å². The fourth-order valence-electron chi connectivity index (χ4n) is 1.12. The molecule has 0 saturated carbocycles. The van der Waals surface area contributed by atoms with Crippen LogP contribution in [0, 0.1) is 10.1 Å². The van der Waals surface area contributed by atoms with Crippen molar-refractivity contribution in [2.24, 2.45) is 0 Å². The van der Waals surface area contributed by atoms with Gasteiger partial charge in [-0.3, -0.25) is 14.9 Å². The van der Waals surface area contributed by atoms with Crippen LogP contribution in [0.1, 0.15) is 5.56 Å². The van der Waals surface area contributed by atoms with Gasteiger partial charge in [0.2, 0.25) is 0 Å². The largest absolute Gasteiger partial charge is 0.481 e. The minimum Gasteiger partial charge on any atom is -0.481 e. The number of hydrogen-bond donors (Lipinski definition) is 1. The lowest BCUT2D eigenvalue weighted by Crippen LogP contribution is -2.04. The molecule has 7 heteroatoms. The third-order valence-corrected chi connectivity index (χ3v) is 2.14. The quantitative estimate of drug-likeness (QED) is 0.660. The number of aliphatic carboxylic acids is 1. The maximum absolute atomic E-state index is 10.6. The van der Waals surface area contributed by atoms with Crippen LogP contribution in [0.3, 0.4) is 0 Å². The highest BCUT2D eigenvalue weighted by atomic mass is 35.5. The number of benzene rings is 1. The molecule has 0 aliphatic carbocycles. The molecule has 0 bridgehead atoms. The van der Waals surface area contributed by atoms with E-state index in [1.807, 2.05) is 0 Å². The summed E-state index contributed by atoms with van der Waals surface area (Å²) in [6, 6.07) is 2.42. The number of rotatable bonds is 3. The highest BCUT2D eigenvalue weighted by molar-refractivity contribution is 6.36. The highest BCUT2D eigenvalue weighted by Crippen LogP contribution is 2.32. The summed E-state index contributed by atoms with van der Waals surface area (Å²) >= 11 is 11.2. The van der Waals surface area contributed by atoms with E-state index in [0.29, 0.717) is 0 Å². The smallest absolute Gasteiger partial charge is 0.308 e. The zero-order chi connectivity index (χ0) is 11.6. The lowest BCUT2D eigenvalue weighted by molar-refractivity contribution is -0.385. The molecule has 80 valence electrons. The first kappa shape index (κ1) is 11.7. The molecule has 0 aliphatic rings. The van der Waals surface area contributed by atoms with Crippen molar-refractivity contribution in [1.29, 1.82) is 0 Å². The SMILES string of the molecule is O=C(O)Cc1cc(Cl)cc(Cl)c1[N+](=O)[O-]. The van der Waals surface area contributed by atoms with Crippen LogP contribution in [0.2, 0.25) is 10.0 Å². The molecular formula is C8H5Cl2NO4. The second-order valence-corrected chi connectivity index (χ2v) is 3.57. The lowest BCUT2D eigenvalue weighted by atomic mass is 10.1. The molecule has 1 aromatic rings. The molecule has 0 unspecified atom stereocenters. The topological polar surface area (TPSA) is 80.4 Å². The molecule has 0 spiro atoms. The van der Waals surface area contributed by atoms with Crippen molar-refractivity contribution in [1.82, 2.24) is 0 Å². The van der Waals surface area contributed by atoms with E-state index in [1.54, 1.807) is 0 Å². The van der Waals surface area contributed by atoms with Gasteiger partial charge in [0.05, 0.1) is 11.3 Å². The van der Waals surface area contributed by atoms with Gasteiger partial charge in [0.25, 0.3) is 5.69 Å². The Morgan fingerprint density at radius 2 is 2.07 bits per heavy atom. The molecule has 15 heavy (non-hydrogen) atoms. The Kier molecular flexibility index (Phi) is 3.49. The molecule has 0 fully saturated rings. The zero-order valence-electron chi connectivity index (χ0n) is 7.24. The van der Waals surface area contributed by atoms with E-state index in [0.717, 1.165) is 0 Å². The molecular weight excluding hydrogens is 245 g/mol. The molecule has 1 rings (SSSR count). The molecule has 0 aliphatic heterocycles. The number of carboxylic acids is 1. The highest BCUT2D eigenvalue weighted by Gasteiger charge is 2.21. The van der Waals surface area contributed by atoms with Crippen LogP contribution in [0.15, 0.2) is 12.1 Å². The number of nitrogens with zero attached hydrogens (tertiary/aromatic N) is 1. The van der Waals surface area contributed by atoms with Gasteiger partial charge in [-0.2, -0.15) is 0 Å². The van der Waals surface area contributed by atoms with Gasteiger partial charge in [0.15, 0.2) is 0 Å². The van der Waals surface area contributed by atoms with Crippen molar-refractivity contribution < 1.29 is 14.8 Å². The predicted molar refractivity (Wildman–Crippen MR) is 54.5 cm³/mol. The van der Waals surface area contributed by atoms with Crippen LogP contribution in [0.5, 0.6) is 0 Å². The lowest BCUT2D eigenvalue weighted by Gasteiger charge is -2.02. The number of halogens is 2. The Hall–Kier alpha value is -1.33. The average molecular weight is 250 g/mol. The van der Waals surface area contributed by atoms with Crippen LogP contribution in [-0.4, -0.2) is 16.0 Å². The van der Waals surface area contributed by atoms with Crippen LogP contribution < -0.4 is 0 Å². The van der Waals surface area contributed by atoms with Gasteiger partial charge in [-0.25, -0.2) is 0 Å². The van der Waals surface area contributed by atoms with E-state index < -0.39 is 23.0 Å². The second kappa shape index (κ2) is 4.46. The van der Waals surface area contributed by atoms with Crippen molar-refractivity contribution in [2.75, 3.05) is 0 Å². The van der Waals surface area contributed by atoms with Gasteiger partial charge in [0.1, 0.15) is 5.02 Å². The summed E-state index contributed by atoms with van der Waals surface area (Å²) < 4.78 is 0. The first-order chi connectivity index (χ1) is 6.91. The van der Waals surface area contributed by atoms with Crippen molar-refractivity contribution in [3.63, 3.8) is 0 Å². The molecule has 0 atom stereocenters. The third-order valence-electron chi connectivity index (χ3n) is 1.63. The maximum Gasteiger partial charge on any atom is 0.308 e. The van der Waals surface area contributed by atoms with Crippen molar-refractivity contribution in [3.8, 4) is 0 Å². The molecule has 0 heterocycles. The molecule has 0 saturated heterocycles. The number of hydrogen-bond acceptors (Lipinski definition) is 3. The number of nitro benzene ring substituents is 1.